The monoisotopic (exact) mass is 226 g/mol. The molecule has 4 heteroatoms. The Morgan fingerprint density at radius 3 is 2.69 bits per heavy atom. The third-order valence-corrected chi connectivity index (χ3v) is 2.54. The van der Waals surface area contributed by atoms with Crippen molar-refractivity contribution in [1.29, 1.82) is 0 Å². The van der Waals surface area contributed by atoms with Crippen LogP contribution < -0.4 is 4.74 Å². The van der Waals surface area contributed by atoms with E-state index in [2.05, 4.69) is 0 Å². The van der Waals surface area contributed by atoms with E-state index in [0.717, 1.165) is 0 Å². The minimum atomic E-state index is -0.889. The van der Waals surface area contributed by atoms with Crippen molar-refractivity contribution in [3.8, 4) is 5.75 Å². The molecule has 16 heavy (non-hydrogen) atoms. The van der Waals surface area contributed by atoms with E-state index in [0.29, 0.717) is 23.3 Å². The van der Waals surface area contributed by atoms with E-state index in [1.165, 1.54) is 13.2 Å². The second-order valence-corrected chi connectivity index (χ2v) is 3.85. The molecule has 0 bridgehead atoms. The number of ether oxygens (including phenoxy) is 1. The lowest BCUT2D eigenvalue weighted by Crippen LogP contribution is -2.12. The minimum absolute atomic E-state index is 0.295. The quantitative estimate of drug-likeness (QED) is 0.857. The highest BCUT2D eigenvalue weighted by Crippen LogP contribution is 2.24. The molecule has 0 aliphatic carbocycles. The Kier molecular flexibility index (Phi) is 3.88. The van der Waals surface area contributed by atoms with Crippen LogP contribution in [0.5, 0.6) is 5.75 Å². The van der Waals surface area contributed by atoms with Gasteiger partial charge in [-0.3, -0.25) is 4.79 Å². The molecular formula is C12H15FO3. The number of rotatable bonds is 4. The van der Waals surface area contributed by atoms with Crippen molar-refractivity contribution in [3.63, 3.8) is 0 Å². The van der Waals surface area contributed by atoms with E-state index in [-0.39, 0.29) is 5.82 Å². The molecule has 0 radical (unpaired) electrons. The number of carboxylic acids is 1. The van der Waals surface area contributed by atoms with Gasteiger partial charge in [-0.1, -0.05) is 6.92 Å². The number of carboxylic acid groups (broad SMARTS) is 1. The van der Waals surface area contributed by atoms with Crippen LogP contribution in [0, 0.1) is 18.7 Å². The summed E-state index contributed by atoms with van der Waals surface area (Å²) in [4.78, 5) is 10.7. The normalized spacial score (nSPS) is 12.2. The third-order valence-electron chi connectivity index (χ3n) is 2.54. The maximum atomic E-state index is 13.5. The van der Waals surface area contributed by atoms with E-state index in [4.69, 9.17) is 9.84 Å². The average Bonchev–Trinajstić information content (AvgIpc) is 2.22. The predicted octanol–water partition coefficient (Wildman–Crippen LogP) is 2.41. The molecule has 1 aromatic carbocycles. The first-order valence-corrected chi connectivity index (χ1v) is 5.01. The number of halogens is 1. The molecule has 0 amide bonds. The predicted molar refractivity (Wildman–Crippen MR) is 58.2 cm³/mol. The molecule has 1 atom stereocenters. The van der Waals surface area contributed by atoms with Gasteiger partial charge in [-0.05, 0) is 31.0 Å². The number of methoxy groups -OCH3 is 1. The van der Waals surface area contributed by atoms with Gasteiger partial charge < -0.3 is 9.84 Å². The van der Waals surface area contributed by atoms with Gasteiger partial charge >= 0.3 is 5.97 Å². The Hall–Kier alpha value is -1.58. The molecule has 0 aliphatic rings. The number of aliphatic carboxylic acids is 1. The minimum Gasteiger partial charge on any atom is -0.496 e. The molecule has 0 spiro atoms. The summed E-state index contributed by atoms with van der Waals surface area (Å²) in [7, 11) is 1.46. The number of benzene rings is 1. The molecule has 0 saturated heterocycles. The standard InChI is InChI=1S/C12H15FO3/c1-7(12(14)15)4-9-5-10(13)8(2)11(6-9)16-3/h5-7H,4H2,1-3H3,(H,14,15). The zero-order valence-electron chi connectivity index (χ0n) is 9.58. The molecule has 0 heterocycles. The summed E-state index contributed by atoms with van der Waals surface area (Å²) in [6.45, 7) is 3.21. The van der Waals surface area contributed by atoms with Crippen molar-refractivity contribution in [3.05, 3.63) is 29.1 Å². The van der Waals surface area contributed by atoms with Crippen LogP contribution in [0.1, 0.15) is 18.1 Å². The van der Waals surface area contributed by atoms with Crippen LogP contribution >= 0.6 is 0 Å². The molecular weight excluding hydrogens is 211 g/mol. The van der Waals surface area contributed by atoms with Gasteiger partial charge in [0.25, 0.3) is 0 Å². The first-order chi connectivity index (χ1) is 7.45. The average molecular weight is 226 g/mol. The van der Waals surface area contributed by atoms with Gasteiger partial charge in [0.2, 0.25) is 0 Å². The Morgan fingerprint density at radius 1 is 1.56 bits per heavy atom. The largest absolute Gasteiger partial charge is 0.496 e. The maximum absolute atomic E-state index is 13.5. The molecule has 1 aromatic rings. The second-order valence-electron chi connectivity index (χ2n) is 3.85. The summed E-state index contributed by atoms with van der Waals surface area (Å²) in [5.41, 5.74) is 1.07. The van der Waals surface area contributed by atoms with E-state index in [1.54, 1.807) is 19.9 Å². The Labute approximate surface area is 93.9 Å². The van der Waals surface area contributed by atoms with Crippen molar-refractivity contribution >= 4 is 5.97 Å². The van der Waals surface area contributed by atoms with E-state index < -0.39 is 11.9 Å². The fourth-order valence-electron chi connectivity index (χ4n) is 1.48. The van der Waals surface area contributed by atoms with Crippen LogP contribution in [0.3, 0.4) is 0 Å². The number of hydrogen-bond acceptors (Lipinski definition) is 2. The van der Waals surface area contributed by atoms with E-state index in [9.17, 15) is 9.18 Å². The van der Waals surface area contributed by atoms with Crippen LogP contribution in [-0.2, 0) is 11.2 Å². The van der Waals surface area contributed by atoms with Crippen molar-refractivity contribution in [2.45, 2.75) is 20.3 Å². The summed E-state index contributed by atoms with van der Waals surface area (Å²) < 4.78 is 18.5. The van der Waals surface area contributed by atoms with Crippen LogP contribution in [-0.4, -0.2) is 18.2 Å². The molecule has 88 valence electrons. The SMILES string of the molecule is COc1cc(CC(C)C(=O)O)cc(F)c1C. The van der Waals surface area contributed by atoms with Crippen molar-refractivity contribution in [2.24, 2.45) is 5.92 Å². The fourth-order valence-corrected chi connectivity index (χ4v) is 1.48. The molecule has 0 aliphatic heterocycles. The van der Waals surface area contributed by atoms with E-state index >= 15 is 0 Å². The highest BCUT2D eigenvalue weighted by molar-refractivity contribution is 5.69. The van der Waals surface area contributed by atoms with Crippen LogP contribution in [0.25, 0.3) is 0 Å². The van der Waals surface area contributed by atoms with Crippen LogP contribution in [0.2, 0.25) is 0 Å². The van der Waals surface area contributed by atoms with Gasteiger partial charge in [0.05, 0.1) is 13.0 Å². The van der Waals surface area contributed by atoms with Gasteiger partial charge in [-0.2, -0.15) is 0 Å². The van der Waals surface area contributed by atoms with Gasteiger partial charge in [0.15, 0.2) is 0 Å². The summed E-state index contributed by atoms with van der Waals surface area (Å²) in [5, 5.41) is 8.77. The van der Waals surface area contributed by atoms with Crippen molar-refractivity contribution in [1.82, 2.24) is 0 Å². The van der Waals surface area contributed by atoms with Crippen LogP contribution in [0.4, 0.5) is 4.39 Å². The van der Waals surface area contributed by atoms with Gasteiger partial charge in [-0.25, -0.2) is 4.39 Å². The lowest BCUT2D eigenvalue weighted by Gasteiger charge is -2.11. The van der Waals surface area contributed by atoms with E-state index in [1.807, 2.05) is 0 Å². The summed E-state index contributed by atoms with van der Waals surface area (Å²) >= 11 is 0. The summed E-state index contributed by atoms with van der Waals surface area (Å²) in [5.74, 6) is -1.34. The molecule has 0 saturated carbocycles. The molecule has 1 N–H and O–H groups in total. The highest BCUT2D eigenvalue weighted by atomic mass is 19.1. The maximum Gasteiger partial charge on any atom is 0.306 e. The lowest BCUT2D eigenvalue weighted by molar-refractivity contribution is -0.141. The summed E-state index contributed by atoms with van der Waals surface area (Å²) in [6, 6.07) is 3.04. The van der Waals surface area contributed by atoms with Crippen molar-refractivity contribution < 1.29 is 19.0 Å². The number of hydrogen-bond donors (Lipinski definition) is 1. The first kappa shape index (κ1) is 12.5. The molecule has 0 fully saturated rings. The molecule has 0 aromatic heterocycles. The Morgan fingerprint density at radius 2 is 2.19 bits per heavy atom. The molecule has 1 unspecified atom stereocenters. The Balaban J connectivity index is 2.98. The zero-order valence-corrected chi connectivity index (χ0v) is 9.58. The van der Waals surface area contributed by atoms with Gasteiger partial charge in [0.1, 0.15) is 11.6 Å². The Bertz CT molecular complexity index is 401. The fraction of sp³-hybridized carbons (Fsp3) is 0.417. The highest BCUT2D eigenvalue weighted by Gasteiger charge is 2.14. The number of carbonyl (C=O) groups is 1. The topological polar surface area (TPSA) is 46.5 Å². The zero-order chi connectivity index (χ0) is 12.3. The summed E-state index contributed by atoms with van der Waals surface area (Å²) in [6.07, 6.45) is 0.295. The lowest BCUT2D eigenvalue weighted by atomic mass is 9.99. The first-order valence-electron chi connectivity index (χ1n) is 5.01. The molecule has 3 nitrogen and oxygen atoms in total. The van der Waals surface area contributed by atoms with Gasteiger partial charge in [-0.15, -0.1) is 0 Å². The van der Waals surface area contributed by atoms with Crippen LogP contribution in [0.15, 0.2) is 12.1 Å². The van der Waals surface area contributed by atoms with Crippen molar-refractivity contribution in [2.75, 3.05) is 7.11 Å². The third kappa shape index (κ3) is 2.72. The smallest absolute Gasteiger partial charge is 0.306 e. The second kappa shape index (κ2) is 4.96. The van der Waals surface area contributed by atoms with Gasteiger partial charge in [0, 0.05) is 5.56 Å². The molecule has 1 rings (SSSR count).